The van der Waals surface area contributed by atoms with Crippen LogP contribution in [0.3, 0.4) is 0 Å². The second-order valence-electron chi connectivity index (χ2n) is 6.15. The maximum absolute atomic E-state index is 12.2. The third-order valence-corrected chi connectivity index (χ3v) is 4.04. The highest BCUT2D eigenvalue weighted by Crippen LogP contribution is 2.21. The molecule has 0 saturated carbocycles. The van der Waals surface area contributed by atoms with E-state index in [0.29, 0.717) is 17.6 Å². The number of hydrogen-bond acceptors (Lipinski definition) is 6. The SMILES string of the molecule is COCCNC(=O)c1cc2ccc(OC(=O)c3ccc(C)cc3)cc2oc1=O. The topological polar surface area (TPSA) is 94.8 Å². The Morgan fingerprint density at radius 3 is 2.54 bits per heavy atom. The number of methoxy groups -OCH3 is 1. The third kappa shape index (κ3) is 4.44. The molecule has 7 nitrogen and oxygen atoms in total. The average Bonchev–Trinajstić information content (AvgIpc) is 2.68. The van der Waals surface area contributed by atoms with E-state index in [9.17, 15) is 14.4 Å². The van der Waals surface area contributed by atoms with Crippen molar-refractivity contribution in [1.29, 1.82) is 0 Å². The highest BCUT2D eigenvalue weighted by Gasteiger charge is 2.15. The molecule has 0 saturated heterocycles. The number of carbonyl (C=O) groups excluding carboxylic acids is 2. The van der Waals surface area contributed by atoms with Gasteiger partial charge in [-0.2, -0.15) is 0 Å². The van der Waals surface area contributed by atoms with E-state index < -0.39 is 17.5 Å². The number of rotatable bonds is 6. The lowest BCUT2D eigenvalue weighted by Gasteiger charge is -2.07. The molecule has 1 aromatic heterocycles. The highest BCUT2D eigenvalue weighted by atomic mass is 16.5. The molecule has 0 spiro atoms. The molecule has 28 heavy (non-hydrogen) atoms. The van der Waals surface area contributed by atoms with Crippen molar-refractivity contribution in [2.75, 3.05) is 20.3 Å². The third-order valence-electron chi connectivity index (χ3n) is 4.04. The second kappa shape index (κ2) is 8.49. The summed E-state index contributed by atoms with van der Waals surface area (Å²) in [6.45, 7) is 2.54. The van der Waals surface area contributed by atoms with Crippen molar-refractivity contribution in [2.24, 2.45) is 0 Å². The van der Waals surface area contributed by atoms with E-state index in [4.69, 9.17) is 13.9 Å². The van der Waals surface area contributed by atoms with Crippen LogP contribution in [0.5, 0.6) is 5.75 Å². The molecule has 144 valence electrons. The van der Waals surface area contributed by atoms with Gasteiger partial charge in [0, 0.05) is 25.1 Å². The minimum atomic E-state index is -0.774. The average molecular weight is 381 g/mol. The van der Waals surface area contributed by atoms with Crippen LogP contribution in [0.1, 0.15) is 26.3 Å². The molecule has 7 heteroatoms. The molecule has 1 amide bonds. The monoisotopic (exact) mass is 381 g/mol. The number of amides is 1. The van der Waals surface area contributed by atoms with Crippen molar-refractivity contribution in [2.45, 2.75) is 6.92 Å². The van der Waals surface area contributed by atoms with Crippen LogP contribution in [-0.2, 0) is 4.74 Å². The number of hydrogen-bond donors (Lipinski definition) is 1. The van der Waals surface area contributed by atoms with Crippen molar-refractivity contribution < 1.29 is 23.5 Å². The summed E-state index contributed by atoms with van der Waals surface area (Å²) in [7, 11) is 1.51. The maximum atomic E-state index is 12.2. The van der Waals surface area contributed by atoms with Gasteiger partial charge in [0.1, 0.15) is 16.9 Å². The number of fused-ring (bicyclic) bond motifs is 1. The summed E-state index contributed by atoms with van der Waals surface area (Å²) >= 11 is 0. The summed E-state index contributed by atoms with van der Waals surface area (Å²) in [6, 6.07) is 13.0. The minimum Gasteiger partial charge on any atom is -0.423 e. The summed E-state index contributed by atoms with van der Waals surface area (Å²) in [5.74, 6) is -0.822. The fourth-order valence-corrected chi connectivity index (χ4v) is 2.53. The van der Waals surface area contributed by atoms with Gasteiger partial charge in [0.2, 0.25) is 0 Å². The molecule has 1 heterocycles. The molecule has 0 fully saturated rings. The smallest absolute Gasteiger partial charge is 0.349 e. The Kier molecular flexibility index (Phi) is 5.86. The zero-order valence-electron chi connectivity index (χ0n) is 15.5. The molecule has 0 bridgehead atoms. The van der Waals surface area contributed by atoms with Gasteiger partial charge < -0.3 is 19.2 Å². The molecular formula is C21H19NO6. The Balaban J connectivity index is 1.81. The number of aryl methyl sites for hydroxylation is 1. The van der Waals surface area contributed by atoms with Crippen LogP contribution in [0.25, 0.3) is 11.0 Å². The van der Waals surface area contributed by atoms with Gasteiger partial charge in [0.05, 0.1) is 12.2 Å². The van der Waals surface area contributed by atoms with Gasteiger partial charge in [0.25, 0.3) is 5.91 Å². The lowest BCUT2D eigenvalue weighted by Crippen LogP contribution is -2.30. The highest BCUT2D eigenvalue weighted by molar-refractivity contribution is 5.97. The van der Waals surface area contributed by atoms with Gasteiger partial charge >= 0.3 is 11.6 Å². The van der Waals surface area contributed by atoms with Crippen LogP contribution >= 0.6 is 0 Å². The lowest BCUT2D eigenvalue weighted by atomic mass is 10.1. The number of benzene rings is 2. The minimum absolute atomic E-state index is 0.104. The zero-order valence-corrected chi connectivity index (χ0v) is 15.5. The van der Waals surface area contributed by atoms with Crippen LogP contribution in [-0.4, -0.2) is 32.1 Å². The van der Waals surface area contributed by atoms with Crippen LogP contribution in [0.2, 0.25) is 0 Å². The van der Waals surface area contributed by atoms with Crippen LogP contribution in [0, 0.1) is 6.92 Å². The number of carbonyl (C=O) groups is 2. The first kappa shape index (κ1) is 19.3. The number of nitrogens with one attached hydrogen (secondary N) is 1. The number of esters is 1. The van der Waals surface area contributed by atoms with Crippen molar-refractivity contribution in [1.82, 2.24) is 5.32 Å². The molecule has 0 aliphatic heterocycles. The van der Waals surface area contributed by atoms with Crippen molar-refractivity contribution in [3.63, 3.8) is 0 Å². The summed E-state index contributed by atoms with van der Waals surface area (Å²) < 4.78 is 15.4. The van der Waals surface area contributed by atoms with E-state index in [1.165, 1.54) is 19.2 Å². The molecular weight excluding hydrogens is 362 g/mol. The van der Waals surface area contributed by atoms with Gasteiger partial charge in [0.15, 0.2) is 0 Å². The standard InChI is InChI=1S/C21H19NO6/c1-13-3-5-14(6-4-13)20(24)27-16-8-7-15-11-17(19(23)22-9-10-26-2)21(25)28-18(15)12-16/h3-8,11-12H,9-10H2,1-2H3,(H,22,23). The molecule has 0 atom stereocenters. The maximum Gasteiger partial charge on any atom is 0.349 e. The van der Waals surface area contributed by atoms with Gasteiger partial charge in [-0.3, -0.25) is 4.79 Å². The predicted octanol–water partition coefficient (Wildman–Crippen LogP) is 2.70. The van der Waals surface area contributed by atoms with Crippen LogP contribution < -0.4 is 15.7 Å². The van der Waals surface area contributed by atoms with E-state index in [2.05, 4.69) is 5.32 Å². The van der Waals surface area contributed by atoms with Crippen molar-refractivity contribution in [3.05, 3.63) is 75.6 Å². The Morgan fingerprint density at radius 2 is 1.82 bits per heavy atom. The summed E-state index contributed by atoms with van der Waals surface area (Å²) in [5, 5.41) is 3.11. The first-order valence-corrected chi connectivity index (χ1v) is 8.62. The summed E-state index contributed by atoms with van der Waals surface area (Å²) in [6.07, 6.45) is 0. The van der Waals surface area contributed by atoms with Crippen molar-refractivity contribution in [3.8, 4) is 5.75 Å². The van der Waals surface area contributed by atoms with Crippen LogP contribution in [0.4, 0.5) is 0 Å². The van der Waals surface area contributed by atoms with E-state index in [1.54, 1.807) is 24.3 Å². The van der Waals surface area contributed by atoms with E-state index >= 15 is 0 Å². The van der Waals surface area contributed by atoms with Gasteiger partial charge in [-0.15, -0.1) is 0 Å². The Hall–Kier alpha value is -3.45. The normalized spacial score (nSPS) is 10.6. The van der Waals surface area contributed by atoms with Crippen LogP contribution in [0.15, 0.2) is 57.7 Å². The Bertz CT molecular complexity index is 1070. The molecule has 0 unspecified atom stereocenters. The van der Waals surface area contributed by atoms with Gasteiger partial charge in [-0.05, 0) is 37.3 Å². The molecule has 1 N–H and O–H groups in total. The lowest BCUT2D eigenvalue weighted by molar-refractivity contribution is 0.0734. The largest absolute Gasteiger partial charge is 0.423 e. The first-order valence-electron chi connectivity index (χ1n) is 8.62. The van der Waals surface area contributed by atoms with E-state index in [-0.39, 0.29) is 23.4 Å². The second-order valence-corrected chi connectivity index (χ2v) is 6.15. The first-order chi connectivity index (χ1) is 13.5. The van der Waals surface area contributed by atoms with E-state index in [1.807, 2.05) is 19.1 Å². The summed E-state index contributed by atoms with van der Waals surface area (Å²) in [4.78, 5) is 36.4. The zero-order chi connectivity index (χ0) is 20.1. The molecule has 0 radical (unpaired) electrons. The molecule has 2 aromatic carbocycles. The molecule has 0 aliphatic rings. The van der Waals surface area contributed by atoms with Gasteiger partial charge in [-0.25, -0.2) is 9.59 Å². The summed E-state index contributed by atoms with van der Waals surface area (Å²) in [5.41, 5.74) is 0.784. The molecule has 3 aromatic rings. The predicted molar refractivity (Wildman–Crippen MR) is 103 cm³/mol. The Morgan fingerprint density at radius 1 is 1.07 bits per heavy atom. The number of ether oxygens (including phenoxy) is 2. The Labute approximate surface area is 160 Å². The fraction of sp³-hybridized carbons (Fsp3) is 0.190. The van der Waals surface area contributed by atoms with Crippen molar-refractivity contribution >= 4 is 22.8 Å². The molecule has 0 aliphatic carbocycles. The van der Waals surface area contributed by atoms with E-state index in [0.717, 1.165) is 5.56 Å². The molecule has 3 rings (SSSR count). The fourth-order valence-electron chi connectivity index (χ4n) is 2.53. The quantitative estimate of drug-likeness (QED) is 0.305. The van der Waals surface area contributed by atoms with Gasteiger partial charge in [-0.1, -0.05) is 17.7 Å².